The molecule has 4 heteroatoms. The zero-order valence-electron chi connectivity index (χ0n) is 13.2. The topological polar surface area (TPSA) is 24.5 Å². The summed E-state index contributed by atoms with van der Waals surface area (Å²) in [4.78, 5) is 2.48. The fourth-order valence-electron chi connectivity index (χ4n) is 2.37. The molecule has 1 N–H and O–H groups in total. The minimum Gasteiger partial charge on any atom is -0.495 e. The van der Waals surface area contributed by atoms with Gasteiger partial charge in [0.2, 0.25) is 0 Å². The van der Waals surface area contributed by atoms with Crippen molar-refractivity contribution in [2.24, 2.45) is 0 Å². The summed E-state index contributed by atoms with van der Waals surface area (Å²) in [6, 6.07) is 7.06. The van der Waals surface area contributed by atoms with E-state index in [2.05, 4.69) is 37.9 Å². The second-order valence-corrected chi connectivity index (χ2v) is 5.98. The largest absolute Gasteiger partial charge is 0.495 e. The molecule has 1 aromatic rings. The number of benzene rings is 1. The molecule has 0 amide bonds. The van der Waals surface area contributed by atoms with Crippen LogP contribution in [0.2, 0.25) is 5.02 Å². The van der Waals surface area contributed by atoms with Crippen LogP contribution in [-0.4, -0.2) is 37.2 Å². The molecule has 114 valence electrons. The molecule has 0 aromatic heterocycles. The summed E-state index contributed by atoms with van der Waals surface area (Å²) in [6.07, 6.45) is 0. The Kier molecular flexibility index (Phi) is 7.35. The van der Waals surface area contributed by atoms with Crippen molar-refractivity contribution in [3.8, 4) is 5.75 Å². The number of hydrogen-bond acceptors (Lipinski definition) is 3. The lowest BCUT2D eigenvalue weighted by molar-refractivity contribution is 0.176. The summed E-state index contributed by atoms with van der Waals surface area (Å²) in [5, 5.41) is 4.13. The molecule has 0 unspecified atom stereocenters. The Morgan fingerprint density at radius 1 is 1.20 bits per heavy atom. The standard InChI is InChI=1S/C16H27ClN2O/c1-12(2)19(13(3)4)9-8-18-11-14-6-7-16(20-5)15(17)10-14/h6-7,10,12-13,18H,8-9,11H2,1-5H3. The molecule has 0 bridgehead atoms. The van der Waals surface area contributed by atoms with Crippen LogP contribution in [0.5, 0.6) is 5.75 Å². The maximum Gasteiger partial charge on any atom is 0.137 e. The van der Waals surface area contributed by atoms with Crippen LogP contribution < -0.4 is 10.1 Å². The molecular formula is C16H27ClN2O. The lowest BCUT2D eigenvalue weighted by Gasteiger charge is -2.30. The molecule has 1 aromatic carbocycles. The van der Waals surface area contributed by atoms with Crippen molar-refractivity contribution in [2.45, 2.75) is 46.3 Å². The van der Waals surface area contributed by atoms with Gasteiger partial charge in [0, 0.05) is 31.7 Å². The highest BCUT2D eigenvalue weighted by Crippen LogP contribution is 2.24. The first-order valence-corrected chi connectivity index (χ1v) is 7.62. The molecule has 0 heterocycles. The Hall–Kier alpha value is -0.770. The monoisotopic (exact) mass is 298 g/mol. The Labute approximate surface area is 128 Å². The van der Waals surface area contributed by atoms with Crippen LogP contribution in [0, 0.1) is 0 Å². The molecule has 0 spiro atoms. The summed E-state index contributed by atoms with van der Waals surface area (Å²) < 4.78 is 5.15. The van der Waals surface area contributed by atoms with E-state index in [4.69, 9.17) is 16.3 Å². The predicted molar refractivity (Wildman–Crippen MR) is 86.7 cm³/mol. The first-order chi connectivity index (χ1) is 9.45. The van der Waals surface area contributed by atoms with Gasteiger partial charge in [-0.1, -0.05) is 17.7 Å². The molecule has 3 nitrogen and oxygen atoms in total. The van der Waals surface area contributed by atoms with Gasteiger partial charge in [0.25, 0.3) is 0 Å². The van der Waals surface area contributed by atoms with Crippen LogP contribution in [0.15, 0.2) is 18.2 Å². The van der Waals surface area contributed by atoms with Gasteiger partial charge >= 0.3 is 0 Å². The smallest absolute Gasteiger partial charge is 0.137 e. The Morgan fingerprint density at radius 3 is 2.35 bits per heavy atom. The lowest BCUT2D eigenvalue weighted by atomic mass is 10.2. The maximum atomic E-state index is 6.11. The van der Waals surface area contributed by atoms with Gasteiger partial charge in [0.05, 0.1) is 12.1 Å². The molecule has 0 aliphatic rings. The van der Waals surface area contributed by atoms with Gasteiger partial charge in [-0.15, -0.1) is 0 Å². The van der Waals surface area contributed by atoms with E-state index in [0.717, 1.165) is 25.4 Å². The van der Waals surface area contributed by atoms with E-state index < -0.39 is 0 Å². The van der Waals surface area contributed by atoms with Crippen LogP contribution in [-0.2, 0) is 6.54 Å². The van der Waals surface area contributed by atoms with Gasteiger partial charge in [-0.2, -0.15) is 0 Å². The Balaban J connectivity index is 2.39. The van der Waals surface area contributed by atoms with Gasteiger partial charge < -0.3 is 10.1 Å². The van der Waals surface area contributed by atoms with Gasteiger partial charge in [-0.05, 0) is 45.4 Å². The number of methoxy groups -OCH3 is 1. The maximum absolute atomic E-state index is 6.11. The van der Waals surface area contributed by atoms with Crippen molar-refractivity contribution in [1.29, 1.82) is 0 Å². The third kappa shape index (κ3) is 5.31. The quantitative estimate of drug-likeness (QED) is 0.743. The van der Waals surface area contributed by atoms with Crippen molar-refractivity contribution < 1.29 is 4.74 Å². The molecular weight excluding hydrogens is 272 g/mol. The average molecular weight is 299 g/mol. The average Bonchev–Trinajstić information content (AvgIpc) is 2.37. The second-order valence-electron chi connectivity index (χ2n) is 5.57. The number of halogens is 1. The minimum absolute atomic E-state index is 0.576. The number of rotatable bonds is 8. The van der Waals surface area contributed by atoms with Gasteiger partial charge in [0.15, 0.2) is 0 Å². The van der Waals surface area contributed by atoms with Crippen molar-refractivity contribution in [1.82, 2.24) is 10.2 Å². The first-order valence-electron chi connectivity index (χ1n) is 7.24. The van der Waals surface area contributed by atoms with Gasteiger partial charge in [0.1, 0.15) is 5.75 Å². The van der Waals surface area contributed by atoms with Crippen molar-refractivity contribution in [3.63, 3.8) is 0 Å². The molecule has 0 saturated carbocycles. The SMILES string of the molecule is COc1ccc(CNCCN(C(C)C)C(C)C)cc1Cl. The number of ether oxygens (including phenoxy) is 1. The molecule has 0 aliphatic carbocycles. The van der Waals surface area contributed by atoms with E-state index in [-0.39, 0.29) is 0 Å². The molecule has 0 radical (unpaired) electrons. The van der Waals surface area contributed by atoms with Crippen LogP contribution in [0.4, 0.5) is 0 Å². The van der Waals surface area contributed by atoms with E-state index in [1.165, 1.54) is 5.56 Å². The minimum atomic E-state index is 0.576. The summed E-state index contributed by atoms with van der Waals surface area (Å²) in [5.41, 5.74) is 1.18. The molecule has 1 rings (SSSR count). The highest BCUT2D eigenvalue weighted by molar-refractivity contribution is 6.32. The van der Waals surface area contributed by atoms with Crippen molar-refractivity contribution in [2.75, 3.05) is 20.2 Å². The second kappa shape index (κ2) is 8.50. The molecule has 0 aliphatic heterocycles. The zero-order chi connectivity index (χ0) is 15.1. The lowest BCUT2D eigenvalue weighted by Crippen LogP contribution is -2.41. The Morgan fingerprint density at radius 2 is 1.85 bits per heavy atom. The van der Waals surface area contributed by atoms with Crippen LogP contribution in [0.3, 0.4) is 0 Å². The van der Waals surface area contributed by atoms with Gasteiger partial charge in [-0.25, -0.2) is 0 Å². The van der Waals surface area contributed by atoms with E-state index in [1.807, 2.05) is 18.2 Å². The van der Waals surface area contributed by atoms with Gasteiger partial charge in [-0.3, -0.25) is 4.90 Å². The molecule has 0 fully saturated rings. The normalized spacial score (nSPS) is 11.7. The molecule has 20 heavy (non-hydrogen) atoms. The number of nitrogens with one attached hydrogen (secondary N) is 1. The zero-order valence-corrected chi connectivity index (χ0v) is 14.0. The van der Waals surface area contributed by atoms with Crippen LogP contribution >= 0.6 is 11.6 Å². The highest BCUT2D eigenvalue weighted by Gasteiger charge is 2.12. The van der Waals surface area contributed by atoms with Crippen LogP contribution in [0.25, 0.3) is 0 Å². The highest BCUT2D eigenvalue weighted by atomic mass is 35.5. The fourth-order valence-corrected chi connectivity index (χ4v) is 2.65. The van der Waals surface area contributed by atoms with Crippen molar-refractivity contribution >= 4 is 11.6 Å². The third-order valence-corrected chi connectivity index (χ3v) is 3.71. The fraction of sp³-hybridized carbons (Fsp3) is 0.625. The molecule has 0 saturated heterocycles. The van der Waals surface area contributed by atoms with E-state index in [9.17, 15) is 0 Å². The van der Waals surface area contributed by atoms with E-state index in [1.54, 1.807) is 7.11 Å². The summed E-state index contributed by atoms with van der Waals surface area (Å²) >= 11 is 6.11. The predicted octanol–water partition coefficient (Wildman–Crippen LogP) is 3.56. The number of nitrogens with zero attached hydrogens (tertiary/aromatic N) is 1. The van der Waals surface area contributed by atoms with E-state index in [0.29, 0.717) is 17.1 Å². The third-order valence-electron chi connectivity index (χ3n) is 3.42. The number of hydrogen-bond donors (Lipinski definition) is 1. The molecule has 0 atom stereocenters. The first kappa shape index (κ1) is 17.3. The Bertz CT molecular complexity index is 399. The van der Waals surface area contributed by atoms with E-state index >= 15 is 0 Å². The van der Waals surface area contributed by atoms with Crippen molar-refractivity contribution in [3.05, 3.63) is 28.8 Å². The summed E-state index contributed by atoms with van der Waals surface area (Å²) in [7, 11) is 1.63. The van der Waals surface area contributed by atoms with Crippen LogP contribution in [0.1, 0.15) is 33.3 Å². The summed E-state index contributed by atoms with van der Waals surface area (Å²) in [5.74, 6) is 0.723. The summed E-state index contributed by atoms with van der Waals surface area (Å²) in [6.45, 7) is 11.8.